The van der Waals surface area contributed by atoms with Crippen LogP contribution in [-0.2, 0) is 9.59 Å². The van der Waals surface area contributed by atoms with E-state index in [4.69, 9.17) is 16.2 Å². The first kappa shape index (κ1) is 17.5. The number of aliphatic carboxylic acids is 2. The fraction of sp³-hybridized carbons (Fsp3) is 0.300. The van der Waals surface area contributed by atoms with Gasteiger partial charge in [0.05, 0.1) is 5.92 Å². The lowest BCUT2D eigenvalue weighted by Gasteiger charge is -2.34. The molecule has 1 saturated carbocycles. The van der Waals surface area contributed by atoms with Crippen molar-refractivity contribution >= 4 is 11.9 Å². The molecular weight excluding hydrogens is 348 g/mol. The molecule has 1 aliphatic carbocycles. The van der Waals surface area contributed by atoms with Crippen molar-refractivity contribution in [2.24, 2.45) is 23.3 Å². The second-order valence-electron chi connectivity index (χ2n) is 7.25. The summed E-state index contributed by atoms with van der Waals surface area (Å²) in [6.07, 6.45) is 0.0296. The van der Waals surface area contributed by atoms with Crippen molar-refractivity contribution in [2.45, 2.75) is 23.9 Å². The Bertz CT molecular complexity index is 885. The van der Waals surface area contributed by atoms with Gasteiger partial charge in [0, 0.05) is 29.0 Å². The molecule has 1 fully saturated rings. The monoisotopic (exact) mass is 368 g/mol. The smallest absolute Gasteiger partial charge is 0.324 e. The van der Waals surface area contributed by atoms with E-state index in [-0.39, 0.29) is 12.3 Å². The molecule has 0 amide bonds. The number of nitrogens with two attached hydrogens (primary N) is 2. The van der Waals surface area contributed by atoms with Crippen LogP contribution in [0.4, 0.5) is 0 Å². The summed E-state index contributed by atoms with van der Waals surface area (Å²) in [5.41, 5.74) is 12.1. The third-order valence-electron chi connectivity index (χ3n) is 5.70. The Morgan fingerprint density at radius 1 is 1.00 bits per heavy atom. The van der Waals surface area contributed by atoms with Crippen LogP contribution in [-0.4, -0.2) is 33.7 Å². The van der Waals surface area contributed by atoms with Crippen LogP contribution in [0.2, 0.25) is 0 Å². The molecule has 0 aromatic heterocycles. The molecule has 140 valence electrons. The lowest BCUT2D eigenvalue weighted by molar-refractivity contribution is -0.145. The van der Waals surface area contributed by atoms with Crippen LogP contribution in [0.1, 0.15) is 23.5 Å². The molecule has 0 saturated heterocycles. The van der Waals surface area contributed by atoms with Gasteiger partial charge in [-0.3, -0.25) is 9.59 Å². The van der Waals surface area contributed by atoms with E-state index in [9.17, 15) is 19.8 Å². The summed E-state index contributed by atoms with van der Waals surface area (Å²) in [5, 5.41) is 19.2. The van der Waals surface area contributed by atoms with E-state index in [2.05, 4.69) is 0 Å². The molecule has 0 spiro atoms. The van der Waals surface area contributed by atoms with Crippen molar-refractivity contribution < 1.29 is 24.5 Å². The van der Waals surface area contributed by atoms with E-state index < -0.39 is 35.4 Å². The maximum Gasteiger partial charge on any atom is 0.324 e. The number of hydrogen-bond donors (Lipinski definition) is 4. The van der Waals surface area contributed by atoms with Crippen molar-refractivity contribution in [1.29, 1.82) is 0 Å². The molecule has 4 atom stereocenters. The molecule has 4 rings (SSSR count). The summed E-state index contributed by atoms with van der Waals surface area (Å²) in [4.78, 5) is 23.5. The summed E-state index contributed by atoms with van der Waals surface area (Å²) in [6.45, 7) is 0. The van der Waals surface area contributed by atoms with Crippen LogP contribution in [0.25, 0.3) is 0 Å². The van der Waals surface area contributed by atoms with Crippen molar-refractivity contribution in [3.05, 3.63) is 59.7 Å². The number of benzene rings is 2. The molecule has 1 unspecified atom stereocenters. The largest absolute Gasteiger partial charge is 0.481 e. The maximum atomic E-state index is 12.1. The fourth-order valence-corrected chi connectivity index (χ4v) is 4.25. The summed E-state index contributed by atoms with van der Waals surface area (Å²) < 4.78 is 5.93. The molecule has 2 aromatic rings. The third-order valence-corrected chi connectivity index (χ3v) is 5.70. The second kappa shape index (κ2) is 6.07. The minimum Gasteiger partial charge on any atom is -0.481 e. The SMILES string of the molecule is N[C@H]1C([C@](N)(CC2c3ccccc3Oc3ccccc32)C(=O)O)[C@H]1C(=O)O. The zero-order valence-electron chi connectivity index (χ0n) is 14.4. The molecule has 27 heavy (non-hydrogen) atoms. The van der Waals surface area contributed by atoms with Gasteiger partial charge in [-0.15, -0.1) is 0 Å². The van der Waals surface area contributed by atoms with E-state index in [1.165, 1.54) is 0 Å². The predicted molar refractivity (Wildman–Crippen MR) is 96.6 cm³/mol. The first-order valence-corrected chi connectivity index (χ1v) is 8.71. The highest BCUT2D eigenvalue weighted by Crippen LogP contribution is 2.52. The molecule has 6 N–H and O–H groups in total. The Balaban J connectivity index is 1.77. The van der Waals surface area contributed by atoms with Gasteiger partial charge < -0.3 is 26.4 Å². The lowest BCUT2D eigenvalue weighted by Crippen LogP contribution is -2.53. The van der Waals surface area contributed by atoms with Gasteiger partial charge in [-0.25, -0.2) is 0 Å². The quantitative estimate of drug-likeness (QED) is 0.631. The Kier molecular flexibility index (Phi) is 3.94. The highest BCUT2D eigenvalue weighted by Gasteiger charge is 2.65. The molecule has 7 heteroatoms. The van der Waals surface area contributed by atoms with Gasteiger partial charge in [0.2, 0.25) is 0 Å². The van der Waals surface area contributed by atoms with Crippen molar-refractivity contribution in [3.63, 3.8) is 0 Å². The van der Waals surface area contributed by atoms with Gasteiger partial charge in [-0.2, -0.15) is 0 Å². The predicted octanol–water partition coefficient (Wildman–Crippen LogP) is 1.75. The van der Waals surface area contributed by atoms with Crippen LogP contribution in [0.3, 0.4) is 0 Å². The van der Waals surface area contributed by atoms with Crippen LogP contribution in [0.5, 0.6) is 11.5 Å². The summed E-state index contributed by atoms with van der Waals surface area (Å²) in [7, 11) is 0. The number of carboxylic acid groups (broad SMARTS) is 2. The van der Waals surface area contributed by atoms with E-state index in [1.54, 1.807) is 0 Å². The Morgan fingerprint density at radius 2 is 1.52 bits per heavy atom. The average molecular weight is 368 g/mol. The topological polar surface area (TPSA) is 136 Å². The highest BCUT2D eigenvalue weighted by atomic mass is 16.5. The average Bonchev–Trinajstić information content (AvgIpc) is 3.33. The molecule has 0 bridgehead atoms. The molecule has 2 aliphatic rings. The molecule has 7 nitrogen and oxygen atoms in total. The lowest BCUT2D eigenvalue weighted by atomic mass is 9.76. The molecular formula is C20H20N2O5. The van der Waals surface area contributed by atoms with E-state index in [0.29, 0.717) is 11.5 Å². The van der Waals surface area contributed by atoms with E-state index >= 15 is 0 Å². The van der Waals surface area contributed by atoms with Gasteiger partial charge >= 0.3 is 11.9 Å². The summed E-state index contributed by atoms with van der Waals surface area (Å²) in [5.74, 6) is -3.18. The number of para-hydroxylation sites is 2. The minimum atomic E-state index is -1.76. The van der Waals surface area contributed by atoms with E-state index in [0.717, 1.165) is 11.1 Å². The van der Waals surface area contributed by atoms with Gasteiger partial charge in [0.15, 0.2) is 0 Å². The molecule has 1 heterocycles. The minimum absolute atomic E-state index is 0.0296. The standard InChI is InChI=1S/C20H20N2O5/c21-17-15(18(23)24)16(17)20(22,19(25)26)9-12-10-5-1-3-7-13(10)27-14-8-4-2-6-11(12)14/h1-8,12,15-17H,9,21-22H2,(H,23,24)(H,25,26)/t15-,16?,17-,20-/m1/s1. The Morgan fingerprint density at radius 3 is 1.96 bits per heavy atom. The highest BCUT2D eigenvalue weighted by molar-refractivity contribution is 5.85. The van der Waals surface area contributed by atoms with Crippen LogP contribution >= 0.6 is 0 Å². The Hall–Kier alpha value is -2.90. The normalized spacial score (nSPS) is 25.5. The van der Waals surface area contributed by atoms with Gasteiger partial charge in [0.1, 0.15) is 17.0 Å². The zero-order valence-corrected chi connectivity index (χ0v) is 14.4. The number of ether oxygens (including phenoxy) is 1. The fourth-order valence-electron chi connectivity index (χ4n) is 4.25. The van der Waals surface area contributed by atoms with Crippen molar-refractivity contribution in [1.82, 2.24) is 0 Å². The Labute approximate surface area is 155 Å². The number of hydrogen-bond acceptors (Lipinski definition) is 5. The second-order valence-corrected chi connectivity index (χ2v) is 7.25. The molecule has 2 aromatic carbocycles. The molecule has 0 radical (unpaired) electrons. The van der Waals surface area contributed by atoms with E-state index in [1.807, 2.05) is 48.5 Å². The van der Waals surface area contributed by atoms with Gasteiger partial charge in [-0.05, 0) is 18.6 Å². The number of carbonyl (C=O) groups is 2. The number of rotatable bonds is 5. The molecule has 1 aliphatic heterocycles. The van der Waals surface area contributed by atoms with Crippen LogP contribution in [0, 0.1) is 11.8 Å². The van der Waals surface area contributed by atoms with Crippen LogP contribution < -0.4 is 16.2 Å². The zero-order chi connectivity index (χ0) is 19.3. The first-order chi connectivity index (χ1) is 12.8. The number of carboxylic acids is 2. The number of fused-ring (bicyclic) bond motifs is 2. The van der Waals surface area contributed by atoms with Gasteiger partial charge in [-0.1, -0.05) is 36.4 Å². The van der Waals surface area contributed by atoms with Gasteiger partial charge in [0.25, 0.3) is 0 Å². The first-order valence-electron chi connectivity index (χ1n) is 8.71. The van der Waals surface area contributed by atoms with Crippen molar-refractivity contribution in [3.8, 4) is 11.5 Å². The van der Waals surface area contributed by atoms with Crippen LogP contribution in [0.15, 0.2) is 48.5 Å². The third kappa shape index (κ3) is 2.67. The maximum absolute atomic E-state index is 12.1. The summed E-state index contributed by atoms with van der Waals surface area (Å²) >= 11 is 0. The summed E-state index contributed by atoms with van der Waals surface area (Å²) in [6, 6.07) is 14.0. The van der Waals surface area contributed by atoms with Crippen molar-refractivity contribution in [2.75, 3.05) is 0 Å².